The summed E-state index contributed by atoms with van der Waals surface area (Å²) in [5, 5.41) is 1.61. The fraction of sp³-hybridized carbons (Fsp3) is 0.455. The summed E-state index contributed by atoms with van der Waals surface area (Å²) in [6.07, 6.45) is 14.2. The zero-order valence-electron chi connectivity index (χ0n) is 21.0. The Labute approximate surface area is 206 Å². The maximum atomic E-state index is 14.7. The van der Waals surface area contributed by atoms with E-state index in [1.165, 1.54) is 63.4 Å². The number of fused-ring (bicyclic) bond motifs is 1. The Morgan fingerprint density at radius 3 is 2.24 bits per heavy atom. The molecular weight excluding hydrogens is 415 g/mol. The van der Waals surface area contributed by atoms with E-state index >= 15 is 0 Å². The third-order valence-electron chi connectivity index (χ3n) is 7.60. The molecule has 1 saturated carbocycles. The van der Waals surface area contributed by atoms with Gasteiger partial charge in [0.2, 0.25) is 0 Å². The van der Waals surface area contributed by atoms with Crippen LogP contribution in [-0.4, -0.2) is 0 Å². The van der Waals surface area contributed by atoms with Gasteiger partial charge >= 0.3 is 0 Å². The van der Waals surface area contributed by atoms with Crippen molar-refractivity contribution in [2.75, 3.05) is 0 Å². The number of unbranched alkanes of at least 4 members (excludes halogenated alkanes) is 3. The molecule has 1 aliphatic rings. The molecule has 0 radical (unpaired) electrons. The van der Waals surface area contributed by atoms with Crippen LogP contribution >= 0.6 is 0 Å². The van der Waals surface area contributed by atoms with Crippen molar-refractivity contribution in [1.29, 1.82) is 0 Å². The first kappa shape index (κ1) is 24.5. The second-order valence-electron chi connectivity index (χ2n) is 10.2. The van der Waals surface area contributed by atoms with Crippen LogP contribution in [0.4, 0.5) is 4.39 Å². The van der Waals surface area contributed by atoms with Crippen LogP contribution in [-0.2, 0) is 6.42 Å². The Hall–Kier alpha value is -2.59. The van der Waals surface area contributed by atoms with Gasteiger partial charge in [0.15, 0.2) is 0 Å². The molecule has 178 valence electrons. The molecule has 0 unspecified atom stereocenters. The normalized spacial score (nSPS) is 18.0. The van der Waals surface area contributed by atoms with Crippen molar-refractivity contribution < 1.29 is 4.39 Å². The molecule has 3 aromatic carbocycles. The Morgan fingerprint density at radius 1 is 0.765 bits per heavy atom. The quantitative estimate of drug-likeness (QED) is 0.235. The summed E-state index contributed by atoms with van der Waals surface area (Å²) in [7, 11) is 0. The molecule has 0 nitrogen and oxygen atoms in total. The zero-order chi connectivity index (χ0) is 23.8. The Bertz CT molecular complexity index is 1120. The van der Waals surface area contributed by atoms with E-state index in [2.05, 4.69) is 50.0 Å². The molecular formula is C33H39F. The van der Waals surface area contributed by atoms with Gasteiger partial charge in [-0.25, -0.2) is 4.39 Å². The number of aryl methyl sites for hydroxylation is 1. The fourth-order valence-corrected chi connectivity index (χ4v) is 5.50. The number of rotatable bonds is 8. The van der Waals surface area contributed by atoms with Crippen LogP contribution in [0.1, 0.15) is 106 Å². The molecule has 0 saturated heterocycles. The highest BCUT2D eigenvalue weighted by Gasteiger charge is 2.21. The van der Waals surface area contributed by atoms with Gasteiger partial charge in [0, 0.05) is 16.5 Å². The third-order valence-corrected chi connectivity index (χ3v) is 7.60. The van der Waals surface area contributed by atoms with Crippen molar-refractivity contribution in [2.24, 2.45) is 5.92 Å². The van der Waals surface area contributed by atoms with Crippen molar-refractivity contribution in [2.45, 2.75) is 90.4 Å². The molecule has 0 heterocycles. The second kappa shape index (κ2) is 12.2. The molecule has 0 atom stereocenters. The lowest BCUT2D eigenvalue weighted by molar-refractivity contribution is 0.302. The van der Waals surface area contributed by atoms with Gasteiger partial charge in [0.25, 0.3) is 0 Å². The highest BCUT2D eigenvalue weighted by atomic mass is 19.1. The Balaban J connectivity index is 1.35. The fourth-order valence-electron chi connectivity index (χ4n) is 5.50. The van der Waals surface area contributed by atoms with Crippen LogP contribution in [0.5, 0.6) is 0 Å². The van der Waals surface area contributed by atoms with E-state index < -0.39 is 0 Å². The summed E-state index contributed by atoms with van der Waals surface area (Å²) in [6.45, 7) is 4.37. The van der Waals surface area contributed by atoms with E-state index in [1.807, 2.05) is 30.3 Å². The Kier molecular flexibility index (Phi) is 8.81. The van der Waals surface area contributed by atoms with Gasteiger partial charge in [-0.15, -0.1) is 0 Å². The van der Waals surface area contributed by atoms with Crippen molar-refractivity contribution in [3.8, 4) is 11.8 Å². The highest BCUT2D eigenvalue weighted by Crippen LogP contribution is 2.37. The van der Waals surface area contributed by atoms with Gasteiger partial charge in [-0.2, -0.15) is 0 Å². The minimum absolute atomic E-state index is 0.0834. The molecule has 4 rings (SSSR count). The number of halogens is 1. The van der Waals surface area contributed by atoms with E-state index in [0.29, 0.717) is 11.3 Å². The average molecular weight is 455 g/mol. The van der Waals surface area contributed by atoms with Gasteiger partial charge < -0.3 is 0 Å². The van der Waals surface area contributed by atoms with Gasteiger partial charge in [-0.05, 0) is 84.7 Å². The molecule has 1 heteroatoms. The standard InChI is InChI=1S/C33H39F/c1-3-5-6-7-9-25-12-17-28(18-13-25)29-19-14-26(15-20-29)10-11-27-16-23-32-31(24-27)22-21-30(8-4-2)33(32)34/h14-16,19-25,28H,3-9,12-13,17-18H2,1-2H3. The van der Waals surface area contributed by atoms with Crippen molar-refractivity contribution in [3.63, 3.8) is 0 Å². The summed E-state index contributed by atoms with van der Waals surface area (Å²) in [6, 6.07) is 18.6. The van der Waals surface area contributed by atoms with Crippen LogP contribution in [0, 0.1) is 23.6 Å². The van der Waals surface area contributed by atoms with Crippen LogP contribution in [0.15, 0.2) is 54.6 Å². The zero-order valence-corrected chi connectivity index (χ0v) is 21.0. The first-order valence-corrected chi connectivity index (χ1v) is 13.5. The van der Waals surface area contributed by atoms with Gasteiger partial charge in [0.1, 0.15) is 5.82 Å². The SMILES string of the molecule is CCCCCCC1CCC(c2ccc(C#Cc3ccc4c(F)c(CCC)ccc4c3)cc2)CC1. The lowest BCUT2D eigenvalue weighted by Gasteiger charge is -2.29. The molecule has 0 bridgehead atoms. The minimum atomic E-state index is -0.0834. The summed E-state index contributed by atoms with van der Waals surface area (Å²) in [4.78, 5) is 0. The molecule has 3 aromatic rings. The molecule has 0 spiro atoms. The Morgan fingerprint density at radius 2 is 1.50 bits per heavy atom. The molecule has 0 aromatic heterocycles. The first-order chi connectivity index (χ1) is 16.7. The van der Waals surface area contributed by atoms with Crippen LogP contribution in [0.2, 0.25) is 0 Å². The van der Waals surface area contributed by atoms with E-state index in [4.69, 9.17) is 0 Å². The van der Waals surface area contributed by atoms with Crippen LogP contribution in [0.25, 0.3) is 10.8 Å². The van der Waals surface area contributed by atoms with E-state index in [0.717, 1.165) is 40.8 Å². The van der Waals surface area contributed by atoms with Gasteiger partial charge in [-0.1, -0.05) is 94.5 Å². The van der Waals surface area contributed by atoms with Gasteiger partial charge in [-0.3, -0.25) is 0 Å². The average Bonchev–Trinajstić information content (AvgIpc) is 2.88. The summed E-state index contributed by atoms with van der Waals surface area (Å²) >= 11 is 0. The van der Waals surface area contributed by atoms with Crippen LogP contribution in [0.3, 0.4) is 0 Å². The smallest absolute Gasteiger partial charge is 0.134 e. The molecule has 0 aliphatic heterocycles. The number of benzene rings is 3. The van der Waals surface area contributed by atoms with Crippen molar-refractivity contribution in [3.05, 3.63) is 82.7 Å². The van der Waals surface area contributed by atoms with Crippen molar-refractivity contribution >= 4 is 10.8 Å². The third kappa shape index (κ3) is 6.29. The predicted molar refractivity (Wildman–Crippen MR) is 144 cm³/mol. The van der Waals surface area contributed by atoms with E-state index in [9.17, 15) is 4.39 Å². The number of hydrogen-bond acceptors (Lipinski definition) is 0. The molecule has 1 aliphatic carbocycles. The maximum Gasteiger partial charge on any atom is 0.134 e. The summed E-state index contributed by atoms with van der Waals surface area (Å²) in [5.74, 6) is 8.15. The summed E-state index contributed by atoms with van der Waals surface area (Å²) < 4.78 is 14.7. The predicted octanol–water partition coefficient (Wildman–Crippen LogP) is 9.58. The maximum absolute atomic E-state index is 14.7. The largest absolute Gasteiger partial charge is 0.206 e. The molecule has 1 fully saturated rings. The second-order valence-corrected chi connectivity index (χ2v) is 10.2. The molecule has 0 N–H and O–H groups in total. The van der Waals surface area contributed by atoms with Crippen molar-refractivity contribution in [1.82, 2.24) is 0 Å². The van der Waals surface area contributed by atoms with E-state index in [1.54, 1.807) is 0 Å². The molecule has 34 heavy (non-hydrogen) atoms. The first-order valence-electron chi connectivity index (χ1n) is 13.5. The van der Waals surface area contributed by atoms with Crippen LogP contribution < -0.4 is 0 Å². The topological polar surface area (TPSA) is 0 Å². The van der Waals surface area contributed by atoms with Gasteiger partial charge in [0.05, 0.1) is 0 Å². The minimum Gasteiger partial charge on any atom is -0.206 e. The lowest BCUT2D eigenvalue weighted by atomic mass is 9.77. The highest BCUT2D eigenvalue weighted by molar-refractivity contribution is 5.85. The summed E-state index contributed by atoms with van der Waals surface area (Å²) in [5.41, 5.74) is 4.24. The van der Waals surface area contributed by atoms with E-state index in [-0.39, 0.29) is 5.82 Å². The lowest BCUT2D eigenvalue weighted by Crippen LogP contribution is -2.13. The number of hydrogen-bond donors (Lipinski definition) is 0. The monoisotopic (exact) mass is 454 g/mol. The molecule has 0 amide bonds.